The molecule has 0 radical (unpaired) electrons. The van der Waals surface area contributed by atoms with Crippen molar-refractivity contribution in [2.45, 2.75) is 31.6 Å². The molecule has 3 heterocycles. The predicted molar refractivity (Wildman–Crippen MR) is 84.2 cm³/mol. The fourth-order valence-electron chi connectivity index (χ4n) is 4.00. The second-order valence-corrected chi connectivity index (χ2v) is 6.36. The molecule has 0 unspecified atom stereocenters. The average molecular weight is 309 g/mol. The Morgan fingerprint density at radius 3 is 3.22 bits per heavy atom. The van der Waals surface area contributed by atoms with E-state index >= 15 is 0 Å². The summed E-state index contributed by atoms with van der Waals surface area (Å²) in [4.78, 5) is 15.4. The van der Waals surface area contributed by atoms with Gasteiger partial charge in [0.25, 0.3) is 0 Å². The second-order valence-electron chi connectivity index (χ2n) is 6.36. The summed E-state index contributed by atoms with van der Waals surface area (Å²) in [5, 5.41) is 4.14. The summed E-state index contributed by atoms with van der Waals surface area (Å²) in [6, 6.07) is 0. The van der Waals surface area contributed by atoms with Crippen molar-refractivity contribution < 1.29 is 4.52 Å². The van der Waals surface area contributed by atoms with Crippen LogP contribution >= 0.6 is 0 Å². The van der Waals surface area contributed by atoms with E-state index in [1.807, 2.05) is 6.92 Å². The van der Waals surface area contributed by atoms with Crippen molar-refractivity contribution >= 4 is 0 Å². The molecule has 6 heteroatoms. The van der Waals surface area contributed by atoms with E-state index in [2.05, 4.69) is 36.8 Å². The summed E-state index contributed by atoms with van der Waals surface area (Å²) >= 11 is 0. The van der Waals surface area contributed by atoms with Crippen molar-refractivity contribution in [1.82, 2.24) is 25.0 Å². The minimum absolute atomic E-state index is 0.0110. The lowest BCUT2D eigenvalue weighted by molar-refractivity contribution is 0.253. The summed E-state index contributed by atoms with van der Waals surface area (Å²) in [5.74, 6) is 8.01. The topological polar surface area (TPSA) is 67.9 Å². The van der Waals surface area contributed by atoms with Crippen LogP contribution in [0.4, 0.5) is 0 Å². The van der Waals surface area contributed by atoms with Gasteiger partial charge in [-0.2, -0.15) is 4.98 Å². The summed E-state index contributed by atoms with van der Waals surface area (Å²) in [7, 11) is 0. The van der Waals surface area contributed by atoms with Crippen LogP contribution in [0, 0.1) is 17.8 Å². The Morgan fingerprint density at radius 1 is 1.43 bits per heavy atom. The molecule has 1 aliphatic heterocycles. The molecule has 118 valence electrons. The average Bonchev–Trinajstić information content (AvgIpc) is 3.27. The van der Waals surface area contributed by atoms with E-state index in [1.165, 1.54) is 12.8 Å². The molecular formula is C17H19N5O. The molecule has 0 spiro atoms. The fraction of sp³-hybridized carbons (Fsp3) is 0.529. The largest absolute Gasteiger partial charge is 0.338 e. The first-order valence-corrected chi connectivity index (χ1v) is 8.04. The SMILES string of the molecule is CC#CCN1C[C@H]2CCC[C@@]2(c2nc(-c3cnccn3)no2)C1. The van der Waals surface area contributed by atoms with E-state index in [0.717, 1.165) is 31.9 Å². The third-order valence-electron chi connectivity index (χ3n) is 5.06. The van der Waals surface area contributed by atoms with Crippen LogP contribution in [0.3, 0.4) is 0 Å². The molecule has 2 fully saturated rings. The number of likely N-dealkylation sites (tertiary alicyclic amines) is 1. The fourth-order valence-corrected chi connectivity index (χ4v) is 4.00. The van der Waals surface area contributed by atoms with Crippen molar-refractivity contribution in [2.24, 2.45) is 5.92 Å². The highest BCUT2D eigenvalue weighted by Crippen LogP contribution is 2.49. The van der Waals surface area contributed by atoms with Gasteiger partial charge in [-0.25, -0.2) is 4.98 Å². The zero-order valence-corrected chi connectivity index (χ0v) is 13.2. The predicted octanol–water partition coefficient (Wildman–Crippen LogP) is 1.90. The molecule has 0 amide bonds. The van der Waals surface area contributed by atoms with Gasteiger partial charge in [-0.3, -0.25) is 9.88 Å². The molecule has 4 rings (SSSR count). The van der Waals surface area contributed by atoms with Crippen LogP contribution in [0.25, 0.3) is 11.5 Å². The number of aromatic nitrogens is 4. The van der Waals surface area contributed by atoms with Crippen molar-refractivity contribution in [3.8, 4) is 23.4 Å². The lowest BCUT2D eigenvalue weighted by Crippen LogP contribution is -2.32. The van der Waals surface area contributed by atoms with Gasteiger partial charge in [0.05, 0.1) is 18.2 Å². The van der Waals surface area contributed by atoms with E-state index in [4.69, 9.17) is 4.52 Å². The number of rotatable bonds is 3. The maximum Gasteiger partial charge on any atom is 0.234 e. The van der Waals surface area contributed by atoms with Crippen molar-refractivity contribution in [2.75, 3.05) is 19.6 Å². The highest BCUT2D eigenvalue weighted by molar-refractivity contribution is 5.46. The summed E-state index contributed by atoms with van der Waals surface area (Å²) in [6.07, 6.45) is 8.49. The van der Waals surface area contributed by atoms with E-state index < -0.39 is 0 Å². The van der Waals surface area contributed by atoms with Gasteiger partial charge in [0, 0.05) is 25.5 Å². The molecule has 2 aromatic rings. The zero-order valence-electron chi connectivity index (χ0n) is 13.2. The molecule has 1 saturated carbocycles. The third-order valence-corrected chi connectivity index (χ3v) is 5.06. The molecule has 0 bridgehead atoms. The lowest BCUT2D eigenvalue weighted by Gasteiger charge is -2.23. The summed E-state index contributed by atoms with van der Waals surface area (Å²) in [6.45, 7) is 4.73. The number of nitrogens with zero attached hydrogens (tertiary/aromatic N) is 5. The molecule has 0 N–H and O–H groups in total. The Bertz CT molecular complexity index is 747. The van der Waals surface area contributed by atoms with Gasteiger partial charge < -0.3 is 4.52 Å². The molecule has 2 atom stereocenters. The van der Waals surface area contributed by atoms with Crippen molar-refractivity contribution in [3.05, 3.63) is 24.5 Å². The molecule has 2 aromatic heterocycles. The van der Waals surface area contributed by atoms with Crippen molar-refractivity contribution in [3.63, 3.8) is 0 Å². The van der Waals surface area contributed by atoms with Crippen LogP contribution in [0.1, 0.15) is 32.1 Å². The first-order chi connectivity index (χ1) is 11.3. The molecule has 1 aliphatic carbocycles. The molecule has 23 heavy (non-hydrogen) atoms. The number of hydrogen-bond donors (Lipinski definition) is 0. The first-order valence-electron chi connectivity index (χ1n) is 8.04. The maximum absolute atomic E-state index is 5.67. The Balaban J connectivity index is 1.63. The van der Waals surface area contributed by atoms with Gasteiger partial charge in [-0.05, 0) is 25.7 Å². The number of hydrogen-bond acceptors (Lipinski definition) is 6. The van der Waals surface area contributed by atoms with Gasteiger partial charge in [0.2, 0.25) is 11.7 Å². The van der Waals surface area contributed by atoms with Crippen molar-refractivity contribution in [1.29, 1.82) is 0 Å². The highest BCUT2D eigenvalue weighted by atomic mass is 16.5. The zero-order chi connectivity index (χ0) is 15.7. The Kier molecular flexibility index (Phi) is 3.58. The highest BCUT2D eigenvalue weighted by Gasteiger charge is 2.53. The van der Waals surface area contributed by atoms with Gasteiger partial charge in [-0.1, -0.05) is 17.5 Å². The van der Waals surface area contributed by atoms with Gasteiger partial charge in [-0.15, -0.1) is 5.92 Å². The van der Waals surface area contributed by atoms with Crippen LogP contribution in [-0.2, 0) is 5.41 Å². The summed E-state index contributed by atoms with van der Waals surface area (Å²) in [5.41, 5.74) is 0.642. The van der Waals surface area contributed by atoms with Crippen LogP contribution in [-0.4, -0.2) is 44.6 Å². The van der Waals surface area contributed by atoms with E-state index in [-0.39, 0.29) is 5.41 Å². The smallest absolute Gasteiger partial charge is 0.234 e. The van der Waals surface area contributed by atoms with Gasteiger partial charge in [0.1, 0.15) is 5.69 Å². The Labute approximate surface area is 135 Å². The molecule has 0 aromatic carbocycles. The third kappa shape index (κ3) is 2.41. The maximum atomic E-state index is 5.67. The van der Waals surface area contributed by atoms with E-state index in [0.29, 0.717) is 17.4 Å². The monoisotopic (exact) mass is 309 g/mol. The normalized spacial score (nSPS) is 26.7. The van der Waals surface area contributed by atoms with Gasteiger partial charge >= 0.3 is 0 Å². The van der Waals surface area contributed by atoms with E-state index in [1.54, 1.807) is 18.6 Å². The van der Waals surface area contributed by atoms with Crippen LogP contribution in [0.5, 0.6) is 0 Å². The quantitative estimate of drug-likeness (QED) is 0.807. The standard InChI is InChI=1S/C17H19N5O/c1-2-3-9-22-11-13-5-4-6-17(13,12-22)16-20-15(21-23-16)14-10-18-7-8-19-14/h7-8,10,13H,4-6,9,11-12H2,1H3/t13-,17-/m1/s1. The molecule has 6 nitrogen and oxygen atoms in total. The Hall–Kier alpha value is -2.26. The molecule has 1 saturated heterocycles. The van der Waals surface area contributed by atoms with Crippen LogP contribution < -0.4 is 0 Å². The Morgan fingerprint density at radius 2 is 2.39 bits per heavy atom. The first kappa shape index (κ1) is 14.3. The second kappa shape index (κ2) is 5.74. The number of fused-ring (bicyclic) bond motifs is 1. The van der Waals surface area contributed by atoms with Crippen LogP contribution in [0.2, 0.25) is 0 Å². The minimum atomic E-state index is -0.0110. The minimum Gasteiger partial charge on any atom is -0.338 e. The molecular weight excluding hydrogens is 290 g/mol. The summed E-state index contributed by atoms with van der Waals surface area (Å²) < 4.78 is 5.67. The van der Waals surface area contributed by atoms with Gasteiger partial charge in [0.15, 0.2) is 0 Å². The van der Waals surface area contributed by atoms with Crippen LogP contribution in [0.15, 0.2) is 23.1 Å². The molecule has 2 aliphatic rings. The van der Waals surface area contributed by atoms with E-state index in [9.17, 15) is 0 Å². The lowest BCUT2D eigenvalue weighted by atomic mass is 9.80.